The van der Waals surface area contributed by atoms with E-state index in [-0.39, 0.29) is 29.1 Å². The number of amides is 4. The van der Waals surface area contributed by atoms with Gasteiger partial charge in [0.15, 0.2) is 0 Å². The number of carbonyl (C=O) groups excluding carboxylic acids is 4. The third-order valence-corrected chi connectivity index (χ3v) is 13.6. The van der Waals surface area contributed by atoms with E-state index in [2.05, 4.69) is 63.1 Å². The Hall–Kier alpha value is -6.18. The summed E-state index contributed by atoms with van der Waals surface area (Å²) in [5, 5.41) is 5.45. The Bertz CT molecular complexity index is 2460. The van der Waals surface area contributed by atoms with E-state index in [1.54, 1.807) is 9.80 Å². The molecule has 1 spiro atoms. The van der Waals surface area contributed by atoms with E-state index < -0.39 is 36.4 Å². The number of imidazole rings is 2. The first-order chi connectivity index (χ1) is 30.2. The van der Waals surface area contributed by atoms with Crippen molar-refractivity contribution >= 4 is 24.0 Å². The van der Waals surface area contributed by atoms with Gasteiger partial charge < -0.3 is 39.9 Å². The fourth-order valence-corrected chi connectivity index (χ4v) is 10.3. The van der Waals surface area contributed by atoms with Crippen molar-refractivity contribution in [2.45, 2.75) is 110 Å². The van der Waals surface area contributed by atoms with Gasteiger partial charge >= 0.3 is 12.2 Å². The zero-order valence-corrected chi connectivity index (χ0v) is 37.6. The molecule has 1 saturated carbocycles. The van der Waals surface area contributed by atoms with Crippen LogP contribution in [0.15, 0.2) is 72.1 Å². The van der Waals surface area contributed by atoms with Crippen molar-refractivity contribution in [3.8, 4) is 33.6 Å². The fraction of sp³-hybridized carbons (Fsp3) is 0.469. The van der Waals surface area contributed by atoms with E-state index in [0.29, 0.717) is 24.7 Å². The molecular formula is C49H60N8O6. The van der Waals surface area contributed by atoms with E-state index in [1.807, 2.05) is 60.0 Å². The Labute approximate surface area is 369 Å². The lowest BCUT2D eigenvalue weighted by Gasteiger charge is -2.30. The standard InChI is InChI=1S/C49H60N8O6/c1-27(2)41(54-47(60)62-7)45(58)56-25-29(5)21-38(56)43-50-23-36(52-43)32-13-11-31(12-14-32)33-15-16-34(35-17-20-49(40(33)35)18-9-10-19-49)37-24-51-44(53-37)39-22-30(6)26-57(39)46(59)42(28(3)4)55-48(61)63-8/h11-16,21-24,27-28,38-39,41-42H,9-10,17-20,25-26H2,1-8H3,(H,50,52)(H,51,53)(H,54,60)(H,55,61)/t38-,39-,41-,42-/m0/s1. The molecule has 14 heteroatoms. The zero-order valence-electron chi connectivity index (χ0n) is 37.6. The molecule has 2 aliphatic heterocycles. The number of H-pyrrole nitrogens is 2. The molecule has 4 aromatic rings. The summed E-state index contributed by atoms with van der Waals surface area (Å²) in [6, 6.07) is 10.9. The highest BCUT2D eigenvalue weighted by Crippen LogP contribution is 2.55. The number of alkyl carbamates (subject to hydrolysis) is 2. The molecule has 4 aliphatic rings. The highest BCUT2D eigenvalue weighted by Gasteiger charge is 2.44. The van der Waals surface area contributed by atoms with Gasteiger partial charge in [-0.1, -0.05) is 100 Å². The molecule has 2 aromatic heterocycles. The summed E-state index contributed by atoms with van der Waals surface area (Å²) in [7, 11) is 2.59. The molecule has 4 N–H and O–H groups in total. The summed E-state index contributed by atoms with van der Waals surface area (Å²) in [6.45, 7) is 12.5. The number of fused-ring (bicyclic) bond motifs is 2. The molecule has 0 radical (unpaired) electrons. The Morgan fingerprint density at radius 2 is 1.16 bits per heavy atom. The molecule has 4 heterocycles. The van der Waals surface area contributed by atoms with Crippen molar-refractivity contribution in [1.29, 1.82) is 0 Å². The second-order valence-corrected chi connectivity index (χ2v) is 18.5. The molecule has 0 unspecified atom stereocenters. The average Bonchev–Trinajstić information content (AvgIpc) is 4.14. The number of rotatable bonds is 11. The van der Waals surface area contributed by atoms with Crippen LogP contribution in [0.2, 0.25) is 0 Å². The minimum absolute atomic E-state index is 0.130. The summed E-state index contributed by atoms with van der Waals surface area (Å²) in [4.78, 5) is 72.3. The number of nitrogens with one attached hydrogen (secondary N) is 4. The number of aromatic amines is 2. The average molecular weight is 857 g/mol. The zero-order chi connectivity index (χ0) is 44.7. The van der Waals surface area contributed by atoms with Crippen LogP contribution in [0.5, 0.6) is 0 Å². The van der Waals surface area contributed by atoms with Gasteiger partial charge in [-0.3, -0.25) is 9.59 Å². The molecule has 2 aliphatic carbocycles. The molecule has 0 saturated heterocycles. The van der Waals surface area contributed by atoms with Crippen LogP contribution in [0.4, 0.5) is 9.59 Å². The lowest BCUT2D eigenvalue weighted by molar-refractivity contribution is -0.135. The molecule has 0 bridgehead atoms. The normalized spacial score (nSPS) is 19.9. The number of nitrogens with zero attached hydrogens (tertiary/aromatic N) is 4. The van der Waals surface area contributed by atoms with Crippen LogP contribution in [0.3, 0.4) is 0 Å². The van der Waals surface area contributed by atoms with Crippen molar-refractivity contribution < 1.29 is 28.7 Å². The number of hydrogen-bond donors (Lipinski definition) is 4. The van der Waals surface area contributed by atoms with Gasteiger partial charge in [0.05, 0.1) is 38.0 Å². The predicted molar refractivity (Wildman–Crippen MR) is 240 cm³/mol. The van der Waals surface area contributed by atoms with Crippen molar-refractivity contribution in [2.75, 3.05) is 27.3 Å². The van der Waals surface area contributed by atoms with Gasteiger partial charge in [-0.25, -0.2) is 19.6 Å². The van der Waals surface area contributed by atoms with Crippen LogP contribution in [0.1, 0.15) is 109 Å². The Kier molecular flexibility index (Phi) is 12.1. The van der Waals surface area contributed by atoms with Gasteiger partial charge in [0.2, 0.25) is 11.8 Å². The summed E-state index contributed by atoms with van der Waals surface area (Å²) in [5.41, 5.74) is 11.4. The van der Waals surface area contributed by atoms with E-state index in [9.17, 15) is 19.2 Å². The topological polar surface area (TPSA) is 175 Å². The van der Waals surface area contributed by atoms with Crippen LogP contribution in [-0.4, -0.2) is 93.1 Å². The fourth-order valence-electron chi connectivity index (χ4n) is 10.3. The Morgan fingerprint density at radius 1 is 0.683 bits per heavy atom. The van der Waals surface area contributed by atoms with Crippen molar-refractivity contribution in [2.24, 2.45) is 11.8 Å². The quantitative estimate of drug-likeness (QED) is 0.109. The smallest absolute Gasteiger partial charge is 0.407 e. The third kappa shape index (κ3) is 8.27. The number of hydrogen-bond acceptors (Lipinski definition) is 8. The largest absolute Gasteiger partial charge is 0.453 e. The molecule has 4 atom stereocenters. The molecule has 4 amide bonds. The minimum Gasteiger partial charge on any atom is -0.453 e. The highest BCUT2D eigenvalue weighted by atomic mass is 16.5. The van der Waals surface area contributed by atoms with Crippen molar-refractivity contribution in [1.82, 2.24) is 40.4 Å². The number of aromatic nitrogens is 4. The molecule has 14 nitrogen and oxygen atoms in total. The van der Waals surface area contributed by atoms with Gasteiger partial charge in [0.1, 0.15) is 35.8 Å². The van der Waals surface area contributed by atoms with Gasteiger partial charge in [-0.15, -0.1) is 0 Å². The lowest BCUT2D eigenvalue weighted by atomic mass is 9.76. The Morgan fingerprint density at radius 3 is 1.67 bits per heavy atom. The van der Waals surface area contributed by atoms with Gasteiger partial charge in [-0.05, 0) is 84.6 Å². The van der Waals surface area contributed by atoms with E-state index >= 15 is 0 Å². The molecule has 63 heavy (non-hydrogen) atoms. The summed E-state index contributed by atoms with van der Waals surface area (Å²) in [5.74, 6) is 0.707. The van der Waals surface area contributed by atoms with E-state index in [1.165, 1.54) is 56.6 Å². The summed E-state index contributed by atoms with van der Waals surface area (Å²) >= 11 is 0. The maximum atomic E-state index is 13.9. The number of benzene rings is 2. The van der Waals surface area contributed by atoms with E-state index in [0.717, 1.165) is 52.1 Å². The SMILES string of the molecule is COC(=O)N[C@H](C(=O)N1CC(C)=C[C@H]1c1ncc(-c2ccc(-c3ccc(-c4cnc([C@@H]5C=C(C)CN5C(=O)[C@@H](NC(=O)OC)C(C)C)[nH]4)c4c3C3(CCCC3)CC4)cc2)[nH]1)C(C)C. The maximum Gasteiger partial charge on any atom is 0.407 e. The van der Waals surface area contributed by atoms with Gasteiger partial charge in [0, 0.05) is 18.7 Å². The molecular weight excluding hydrogens is 797 g/mol. The van der Waals surface area contributed by atoms with Crippen LogP contribution >= 0.6 is 0 Å². The van der Waals surface area contributed by atoms with Crippen LogP contribution in [0.25, 0.3) is 33.6 Å². The maximum absolute atomic E-state index is 13.9. The summed E-state index contributed by atoms with van der Waals surface area (Å²) < 4.78 is 9.64. The van der Waals surface area contributed by atoms with E-state index in [4.69, 9.17) is 19.4 Å². The highest BCUT2D eigenvalue weighted by molar-refractivity contribution is 5.88. The minimum atomic E-state index is -0.735. The van der Waals surface area contributed by atoms with Gasteiger partial charge in [-0.2, -0.15) is 0 Å². The monoisotopic (exact) mass is 856 g/mol. The number of ether oxygens (including phenoxy) is 2. The van der Waals surface area contributed by atoms with Crippen molar-refractivity contribution in [3.63, 3.8) is 0 Å². The van der Waals surface area contributed by atoms with Crippen molar-refractivity contribution in [3.05, 3.63) is 94.9 Å². The first kappa shape index (κ1) is 43.5. The molecule has 332 valence electrons. The summed E-state index contributed by atoms with van der Waals surface area (Å²) in [6.07, 6.45) is 13.4. The molecule has 8 rings (SSSR count). The van der Waals surface area contributed by atoms with Gasteiger partial charge in [0.25, 0.3) is 0 Å². The number of carbonyl (C=O) groups is 4. The Balaban J connectivity index is 1.06. The second kappa shape index (κ2) is 17.5. The van der Waals surface area contributed by atoms with Crippen LogP contribution < -0.4 is 10.6 Å². The first-order valence-electron chi connectivity index (χ1n) is 22.2. The predicted octanol–water partition coefficient (Wildman–Crippen LogP) is 8.31. The molecule has 1 fully saturated rings. The lowest BCUT2D eigenvalue weighted by Crippen LogP contribution is -2.51. The van der Waals surface area contributed by atoms with Crippen LogP contribution in [0, 0.1) is 11.8 Å². The number of methoxy groups -OCH3 is 2. The second-order valence-electron chi connectivity index (χ2n) is 18.5. The third-order valence-electron chi connectivity index (χ3n) is 13.6. The first-order valence-corrected chi connectivity index (χ1v) is 22.2. The molecule has 2 aromatic carbocycles. The van der Waals surface area contributed by atoms with Crippen LogP contribution in [-0.2, 0) is 30.9 Å².